The number of piperidine rings is 1. The summed E-state index contributed by atoms with van der Waals surface area (Å²) < 4.78 is 0. The Labute approximate surface area is 125 Å². The number of benzene rings is 1. The molecule has 2 rings (SSSR count). The van der Waals surface area contributed by atoms with E-state index in [0.717, 1.165) is 49.4 Å². The maximum absolute atomic E-state index is 12.8. The van der Waals surface area contributed by atoms with Crippen molar-refractivity contribution in [2.24, 2.45) is 5.41 Å². The van der Waals surface area contributed by atoms with E-state index < -0.39 is 0 Å². The first-order valence-electron chi connectivity index (χ1n) is 7.37. The lowest BCUT2D eigenvalue weighted by Crippen LogP contribution is -2.48. The van der Waals surface area contributed by atoms with Crippen LogP contribution in [0.4, 0.5) is 5.69 Å². The minimum absolute atomic E-state index is 0.174. The van der Waals surface area contributed by atoms with Gasteiger partial charge in [0.25, 0.3) is 0 Å². The number of carbonyl (C=O) groups excluding carboxylic acids is 1. The van der Waals surface area contributed by atoms with E-state index in [0.29, 0.717) is 0 Å². The fourth-order valence-electron chi connectivity index (χ4n) is 2.97. The number of amides is 1. The molecule has 2 N–H and O–H groups in total. The Morgan fingerprint density at radius 2 is 2.25 bits per heavy atom. The smallest absolute Gasteiger partial charge is 0.231 e. The highest BCUT2D eigenvalue weighted by molar-refractivity contribution is 7.98. The number of hydrogen-bond donors (Lipinski definition) is 2. The highest BCUT2D eigenvalue weighted by Crippen LogP contribution is 2.34. The first kappa shape index (κ1) is 15.4. The third kappa shape index (κ3) is 3.36. The van der Waals surface area contributed by atoms with Crippen LogP contribution >= 0.6 is 11.8 Å². The van der Waals surface area contributed by atoms with Gasteiger partial charge in [-0.1, -0.05) is 25.5 Å². The van der Waals surface area contributed by atoms with E-state index in [1.54, 1.807) is 11.8 Å². The largest absolute Gasteiger partial charge is 0.325 e. The Balaban J connectivity index is 2.16. The molecule has 3 nitrogen and oxygen atoms in total. The van der Waals surface area contributed by atoms with Gasteiger partial charge in [-0.15, -0.1) is 11.8 Å². The Morgan fingerprint density at radius 1 is 1.45 bits per heavy atom. The van der Waals surface area contributed by atoms with Crippen molar-refractivity contribution >= 4 is 23.4 Å². The fourth-order valence-corrected chi connectivity index (χ4v) is 3.52. The van der Waals surface area contributed by atoms with Gasteiger partial charge in [-0.05, 0) is 44.2 Å². The molecule has 0 aliphatic carbocycles. The Hall–Kier alpha value is -1.00. The second-order valence-corrected chi connectivity index (χ2v) is 6.31. The summed E-state index contributed by atoms with van der Waals surface area (Å²) in [5.41, 5.74) is 0.699. The third-order valence-electron chi connectivity index (χ3n) is 4.04. The molecule has 1 aromatic rings. The highest BCUT2D eigenvalue weighted by Gasteiger charge is 2.38. The van der Waals surface area contributed by atoms with E-state index in [2.05, 4.69) is 17.6 Å². The second kappa shape index (κ2) is 7.14. The topological polar surface area (TPSA) is 41.1 Å². The van der Waals surface area contributed by atoms with Crippen LogP contribution in [0.2, 0.25) is 0 Å². The van der Waals surface area contributed by atoms with Crippen LogP contribution in [0.5, 0.6) is 0 Å². The Bertz CT molecular complexity index is 450. The van der Waals surface area contributed by atoms with Crippen molar-refractivity contribution < 1.29 is 4.79 Å². The molecule has 110 valence electrons. The van der Waals surface area contributed by atoms with E-state index in [1.807, 2.05) is 30.5 Å². The molecule has 1 fully saturated rings. The van der Waals surface area contributed by atoms with Gasteiger partial charge in [0.1, 0.15) is 0 Å². The summed E-state index contributed by atoms with van der Waals surface area (Å²) in [5.74, 6) is 0.174. The summed E-state index contributed by atoms with van der Waals surface area (Å²) in [5, 5.41) is 6.55. The van der Waals surface area contributed by atoms with Gasteiger partial charge in [0.05, 0.1) is 11.1 Å². The summed E-state index contributed by atoms with van der Waals surface area (Å²) >= 11 is 1.67. The van der Waals surface area contributed by atoms with Gasteiger partial charge in [0.2, 0.25) is 5.91 Å². The molecule has 1 saturated heterocycles. The molecule has 1 aliphatic rings. The number of para-hydroxylation sites is 1. The van der Waals surface area contributed by atoms with E-state index in [4.69, 9.17) is 0 Å². The SMILES string of the molecule is CCCC1(C(=O)Nc2ccccc2SC)CCCNC1. The quantitative estimate of drug-likeness (QED) is 0.816. The summed E-state index contributed by atoms with van der Waals surface area (Å²) in [4.78, 5) is 13.9. The van der Waals surface area contributed by atoms with Crippen LogP contribution in [0.3, 0.4) is 0 Å². The summed E-state index contributed by atoms with van der Waals surface area (Å²) in [7, 11) is 0. The van der Waals surface area contributed by atoms with Crippen molar-refractivity contribution in [3.63, 3.8) is 0 Å². The van der Waals surface area contributed by atoms with Crippen molar-refractivity contribution in [3.05, 3.63) is 24.3 Å². The molecule has 0 radical (unpaired) electrons. The van der Waals surface area contributed by atoms with Crippen LogP contribution in [-0.4, -0.2) is 25.3 Å². The van der Waals surface area contributed by atoms with Crippen molar-refractivity contribution in [2.75, 3.05) is 24.7 Å². The molecular weight excluding hydrogens is 268 g/mol. The lowest BCUT2D eigenvalue weighted by Gasteiger charge is -2.36. The van der Waals surface area contributed by atoms with Gasteiger partial charge in [0.15, 0.2) is 0 Å². The van der Waals surface area contributed by atoms with Crippen LogP contribution in [0, 0.1) is 5.41 Å². The summed E-state index contributed by atoms with van der Waals surface area (Å²) in [6, 6.07) is 8.01. The molecule has 1 atom stereocenters. The van der Waals surface area contributed by atoms with Crippen LogP contribution < -0.4 is 10.6 Å². The number of rotatable bonds is 5. The van der Waals surface area contributed by atoms with Gasteiger partial charge in [-0.25, -0.2) is 0 Å². The monoisotopic (exact) mass is 292 g/mol. The standard InChI is InChI=1S/C16H24N2OS/c1-3-9-16(10-6-11-17-12-16)15(19)18-13-7-4-5-8-14(13)20-2/h4-5,7-8,17H,3,6,9-12H2,1-2H3,(H,18,19). The maximum Gasteiger partial charge on any atom is 0.231 e. The lowest BCUT2D eigenvalue weighted by molar-refractivity contribution is -0.127. The van der Waals surface area contributed by atoms with Gasteiger partial charge in [-0.3, -0.25) is 4.79 Å². The third-order valence-corrected chi connectivity index (χ3v) is 4.83. The van der Waals surface area contributed by atoms with Crippen molar-refractivity contribution in [1.29, 1.82) is 0 Å². The summed E-state index contributed by atoms with van der Waals surface area (Å²) in [6.07, 6.45) is 6.10. The molecule has 0 aromatic heterocycles. The number of anilines is 1. The Kier molecular flexibility index (Phi) is 5.49. The molecule has 1 aromatic carbocycles. The zero-order chi connectivity index (χ0) is 14.4. The van der Waals surface area contributed by atoms with Gasteiger partial charge in [-0.2, -0.15) is 0 Å². The molecule has 0 bridgehead atoms. The minimum Gasteiger partial charge on any atom is -0.325 e. The number of nitrogens with one attached hydrogen (secondary N) is 2. The molecule has 1 heterocycles. The van der Waals surface area contributed by atoms with Crippen LogP contribution in [0.15, 0.2) is 29.2 Å². The predicted molar refractivity (Wildman–Crippen MR) is 86.3 cm³/mol. The Morgan fingerprint density at radius 3 is 2.90 bits per heavy atom. The molecule has 1 unspecified atom stereocenters. The summed E-state index contributed by atoms with van der Waals surface area (Å²) in [6.45, 7) is 3.98. The first-order chi connectivity index (χ1) is 9.72. The zero-order valence-electron chi connectivity index (χ0n) is 12.4. The molecule has 0 spiro atoms. The van der Waals surface area contributed by atoms with Crippen molar-refractivity contribution in [2.45, 2.75) is 37.5 Å². The molecular formula is C16H24N2OS. The van der Waals surface area contributed by atoms with Crippen molar-refractivity contribution in [3.8, 4) is 0 Å². The number of hydrogen-bond acceptors (Lipinski definition) is 3. The molecule has 20 heavy (non-hydrogen) atoms. The molecule has 1 amide bonds. The maximum atomic E-state index is 12.8. The molecule has 0 saturated carbocycles. The van der Waals surface area contributed by atoms with E-state index >= 15 is 0 Å². The zero-order valence-corrected chi connectivity index (χ0v) is 13.2. The average molecular weight is 292 g/mol. The van der Waals surface area contributed by atoms with Crippen molar-refractivity contribution in [1.82, 2.24) is 5.32 Å². The van der Waals surface area contributed by atoms with E-state index in [-0.39, 0.29) is 11.3 Å². The predicted octanol–water partition coefficient (Wildman–Crippen LogP) is 3.52. The van der Waals surface area contributed by atoms with Crippen LogP contribution in [-0.2, 0) is 4.79 Å². The fraction of sp³-hybridized carbons (Fsp3) is 0.562. The lowest BCUT2D eigenvalue weighted by atomic mass is 9.76. The molecule has 4 heteroatoms. The van der Waals surface area contributed by atoms with E-state index in [9.17, 15) is 4.79 Å². The average Bonchev–Trinajstić information content (AvgIpc) is 2.49. The second-order valence-electron chi connectivity index (χ2n) is 5.47. The van der Waals surface area contributed by atoms with Gasteiger partial charge >= 0.3 is 0 Å². The molecule has 1 aliphatic heterocycles. The van der Waals surface area contributed by atoms with Gasteiger partial charge < -0.3 is 10.6 Å². The van der Waals surface area contributed by atoms with Gasteiger partial charge in [0, 0.05) is 11.4 Å². The minimum atomic E-state index is -0.238. The highest BCUT2D eigenvalue weighted by atomic mass is 32.2. The number of carbonyl (C=O) groups is 1. The van der Waals surface area contributed by atoms with Crippen LogP contribution in [0.1, 0.15) is 32.6 Å². The number of thioether (sulfide) groups is 1. The van der Waals surface area contributed by atoms with Crippen LogP contribution in [0.25, 0.3) is 0 Å². The normalized spacial score (nSPS) is 22.5. The van der Waals surface area contributed by atoms with E-state index in [1.165, 1.54) is 0 Å². The first-order valence-corrected chi connectivity index (χ1v) is 8.59.